The number of aromatic nitrogens is 3. The Bertz CT molecular complexity index is 536. The Balaban J connectivity index is 2.37. The summed E-state index contributed by atoms with van der Waals surface area (Å²) < 4.78 is 0. The molecule has 6 heteroatoms. The number of rotatable bonds is 4. The van der Waals surface area contributed by atoms with Crippen molar-refractivity contribution in [2.45, 2.75) is 4.90 Å². The minimum atomic E-state index is -0.206. The van der Waals surface area contributed by atoms with Crippen molar-refractivity contribution in [2.24, 2.45) is 0 Å². The zero-order valence-electron chi connectivity index (χ0n) is 9.21. The van der Waals surface area contributed by atoms with E-state index in [1.54, 1.807) is 35.8 Å². The van der Waals surface area contributed by atoms with Gasteiger partial charge in [0.1, 0.15) is 11.4 Å². The largest absolute Gasteiger partial charge is 0.268 e. The molecule has 0 spiro atoms. The van der Waals surface area contributed by atoms with Gasteiger partial charge >= 0.3 is 0 Å². The second-order valence-electron chi connectivity index (χ2n) is 3.21. The fourth-order valence-electron chi connectivity index (χ4n) is 1.30. The minimum Gasteiger partial charge on any atom is -0.268 e. The minimum absolute atomic E-state index is 0.206. The summed E-state index contributed by atoms with van der Waals surface area (Å²) in [4.78, 5) is 16.4. The van der Waals surface area contributed by atoms with Crippen molar-refractivity contribution in [3.63, 3.8) is 0 Å². The van der Waals surface area contributed by atoms with Crippen molar-refractivity contribution in [1.29, 1.82) is 0 Å². The van der Waals surface area contributed by atoms with Crippen LogP contribution in [0.25, 0.3) is 11.4 Å². The molecule has 2 aromatic heterocycles. The maximum Gasteiger partial charge on any atom is 0.264 e. The Morgan fingerprint density at radius 1 is 1.35 bits per heavy atom. The Labute approximate surface area is 107 Å². The van der Waals surface area contributed by atoms with Crippen molar-refractivity contribution >= 4 is 23.5 Å². The maximum atomic E-state index is 11.0. The smallest absolute Gasteiger partial charge is 0.264 e. The van der Waals surface area contributed by atoms with Crippen LogP contribution in [-0.4, -0.2) is 26.5 Å². The zero-order valence-corrected chi connectivity index (χ0v) is 10.8. The zero-order chi connectivity index (χ0) is 12.1. The molecule has 1 N–H and O–H groups in total. The second kappa shape index (κ2) is 5.88. The number of hydrogen-bond acceptors (Lipinski definition) is 5. The van der Waals surface area contributed by atoms with Gasteiger partial charge in [0, 0.05) is 22.2 Å². The molecule has 0 saturated carbocycles. The van der Waals surface area contributed by atoms with Crippen molar-refractivity contribution < 1.29 is 0 Å². The molecule has 0 radical (unpaired) electrons. The van der Waals surface area contributed by atoms with Crippen LogP contribution in [-0.2, 0) is 0 Å². The van der Waals surface area contributed by atoms with Gasteiger partial charge in [-0.25, -0.2) is 5.10 Å². The third kappa shape index (κ3) is 3.10. The van der Waals surface area contributed by atoms with Crippen LogP contribution in [0.4, 0.5) is 0 Å². The number of pyridine rings is 1. The van der Waals surface area contributed by atoms with Crippen molar-refractivity contribution in [3.05, 3.63) is 40.8 Å². The summed E-state index contributed by atoms with van der Waals surface area (Å²) in [7, 11) is 0. The first kappa shape index (κ1) is 12.2. The third-order valence-electron chi connectivity index (χ3n) is 2.02. The quantitative estimate of drug-likeness (QED) is 0.678. The summed E-state index contributed by atoms with van der Waals surface area (Å²) in [5.74, 6) is 0. The molecule has 2 aromatic rings. The van der Waals surface area contributed by atoms with Crippen molar-refractivity contribution in [2.75, 3.05) is 11.3 Å². The molecule has 88 valence electrons. The Hall–Kier alpha value is -1.27. The number of H-pyrrole nitrogens is 1. The van der Waals surface area contributed by atoms with E-state index in [1.165, 1.54) is 6.07 Å². The Morgan fingerprint density at radius 2 is 2.24 bits per heavy atom. The van der Waals surface area contributed by atoms with Crippen molar-refractivity contribution in [3.8, 4) is 11.4 Å². The number of thioether (sulfide) groups is 2. The van der Waals surface area contributed by atoms with E-state index >= 15 is 0 Å². The molecule has 0 atom stereocenters. The monoisotopic (exact) mass is 265 g/mol. The van der Waals surface area contributed by atoms with Gasteiger partial charge < -0.3 is 0 Å². The van der Waals surface area contributed by atoms with E-state index in [-0.39, 0.29) is 5.56 Å². The molecule has 0 aromatic carbocycles. The van der Waals surface area contributed by atoms with Crippen LogP contribution in [0.3, 0.4) is 0 Å². The summed E-state index contributed by atoms with van der Waals surface area (Å²) in [6.45, 7) is 0. The van der Waals surface area contributed by atoms with Crippen LogP contribution >= 0.6 is 23.5 Å². The highest BCUT2D eigenvalue weighted by atomic mass is 32.2. The van der Waals surface area contributed by atoms with E-state index in [9.17, 15) is 4.79 Å². The molecule has 0 bridgehead atoms. The molecule has 0 unspecified atom stereocenters. The second-order valence-corrected chi connectivity index (χ2v) is 5.46. The van der Waals surface area contributed by atoms with Crippen LogP contribution < -0.4 is 5.56 Å². The molecular formula is C11H11N3OS2. The average Bonchev–Trinajstić information content (AvgIpc) is 2.38. The van der Waals surface area contributed by atoms with Gasteiger partial charge in [-0.15, -0.1) is 11.8 Å². The average molecular weight is 265 g/mol. The predicted octanol–water partition coefficient (Wildman–Crippen LogP) is 2.24. The van der Waals surface area contributed by atoms with Crippen LogP contribution in [0.15, 0.2) is 40.2 Å². The highest BCUT2D eigenvalue weighted by molar-refractivity contribution is 8.15. The SMILES string of the molecule is CSCSc1cccnc1-c1ccc(=O)[nH]n1. The molecule has 4 nitrogen and oxygen atoms in total. The molecule has 0 amide bonds. The van der Waals surface area contributed by atoms with Crippen LogP contribution in [0, 0.1) is 0 Å². The lowest BCUT2D eigenvalue weighted by atomic mass is 10.2. The predicted molar refractivity (Wildman–Crippen MR) is 72.3 cm³/mol. The summed E-state index contributed by atoms with van der Waals surface area (Å²) >= 11 is 3.47. The van der Waals surface area contributed by atoms with E-state index in [1.807, 2.05) is 12.1 Å². The lowest BCUT2D eigenvalue weighted by Crippen LogP contribution is -2.06. The Morgan fingerprint density at radius 3 is 2.94 bits per heavy atom. The molecule has 0 aliphatic carbocycles. The standard InChI is InChI=1S/C11H11N3OS2/c1-16-7-17-9-3-2-6-12-11(9)8-4-5-10(15)14-13-8/h2-6H,7H2,1H3,(H,14,15). The molecule has 2 heterocycles. The van der Waals surface area contributed by atoms with Crippen molar-refractivity contribution in [1.82, 2.24) is 15.2 Å². The number of aromatic amines is 1. The first-order valence-electron chi connectivity index (χ1n) is 4.94. The molecule has 17 heavy (non-hydrogen) atoms. The Kier molecular flexibility index (Phi) is 4.22. The van der Waals surface area contributed by atoms with Crippen LogP contribution in [0.1, 0.15) is 0 Å². The van der Waals surface area contributed by atoms with Crippen LogP contribution in [0.5, 0.6) is 0 Å². The molecule has 0 aliphatic rings. The molecule has 0 aliphatic heterocycles. The highest BCUT2D eigenvalue weighted by Crippen LogP contribution is 2.29. The van der Waals surface area contributed by atoms with Gasteiger partial charge in [-0.1, -0.05) is 0 Å². The summed E-state index contributed by atoms with van der Waals surface area (Å²) in [6, 6.07) is 7.05. The molecular weight excluding hydrogens is 254 g/mol. The molecule has 0 fully saturated rings. The third-order valence-corrected chi connectivity index (χ3v) is 4.08. The van der Waals surface area contributed by atoms with Gasteiger partial charge in [-0.05, 0) is 24.5 Å². The van der Waals surface area contributed by atoms with E-state index in [4.69, 9.17) is 0 Å². The van der Waals surface area contributed by atoms with Gasteiger partial charge in [0.15, 0.2) is 0 Å². The fraction of sp³-hybridized carbons (Fsp3) is 0.182. The van der Waals surface area contributed by atoms with E-state index < -0.39 is 0 Å². The number of nitrogens with one attached hydrogen (secondary N) is 1. The maximum absolute atomic E-state index is 11.0. The molecule has 2 rings (SSSR count). The van der Waals surface area contributed by atoms with E-state index in [0.29, 0.717) is 5.69 Å². The summed E-state index contributed by atoms with van der Waals surface area (Å²) in [5, 5.41) is 7.38. The van der Waals surface area contributed by atoms with Crippen LogP contribution in [0.2, 0.25) is 0 Å². The van der Waals surface area contributed by atoms with Gasteiger partial charge in [-0.2, -0.15) is 16.9 Å². The van der Waals surface area contributed by atoms with Gasteiger partial charge in [0.2, 0.25) is 0 Å². The summed E-state index contributed by atoms with van der Waals surface area (Å²) in [5.41, 5.74) is 1.29. The number of hydrogen-bond donors (Lipinski definition) is 1. The lowest BCUT2D eigenvalue weighted by Gasteiger charge is -2.05. The van der Waals surface area contributed by atoms with Gasteiger partial charge in [0.25, 0.3) is 5.56 Å². The molecule has 0 saturated heterocycles. The first-order chi connectivity index (χ1) is 8.31. The summed E-state index contributed by atoms with van der Waals surface area (Å²) in [6.07, 6.45) is 3.78. The van der Waals surface area contributed by atoms with E-state index in [0.717, 1.165) is 15.7 Å². The fourth-order valence-corrected chi connectivity index (χ4v) is 2.75. The van der Waals surface area contributed by atoms with Gasteiger partial charge in [-0.3, -0.25) is 9.78 Å². The lowest BCUT2D eigenvalue weighted by molar-refractivity contribution is 0.983. The normalized spacial score (nSPS) is 10.4. The highest BCUT2D eigenvalue weighted by Gasteiger charge is 2.07. The topological polar surface area (TPSA) is 58.6 Å². The van der Waals surface area contributed by atoms with Gasteiger partial charge in [0.05, 0.1) is 0 Å². The first-order valence-corrected chi connectivity index (χ1v) is 7.32. The number of nitrogens with zero attached hydrogens (tertiary/aromatic N) is 2. The van der Waals surface area contributed by atoms with E-state index in [2.05, 4.69) is 21.4 Å².